The summed E-state index contributed by atoms with van der Waals surface area (Å²) >= 11 is 1.31. The zero-order chi connectivity index (χ0) is 23.0. The molecule has 0 fully saturated rings. The van der Waals surface area contributed by atoms with E-state index in [1.807, 2.05) is 37.3 Å². The fourth-order valence-corrected chi connectivity index (χ4v) is 5.19. The molecular formula is C23H24N4O4S. The van der Waals surface area contributed by atoms with Crippen LogP contribution in [0.25, 0.3) is 21.1 Å². The number of aryl methyl sites for hydroxylation is 1. The van der Waals surface area contributed by atoms with Crippen molar-refractivity contribution in [3.63, 3.8) is 0 Å². The molecule has 0 radical (unpaired) electrons. The van der Waals surface area contributed by atoms with Gasteiger partial charge < -0.3 is 0 Å². The molecular weight excluding hydrogens is 428 g/mol. The minimum absolute atomic E-state index is 0.257. The molecule has 0 aliphatic heterocycles. The van der Waals surface area contributed by atoms with Crippen molar-refractivity contribution < 1.29 is 9.63 Å². The first-order valence-electron chi connectivity index (χ1n) is 10.3. The molecule has 0 N–H and O–H groups in total. The molecule has 0 saturated heterocycles. The van der Waals surface area contributed by atoms with Crippen molar-refractivity contribution in [3.05, 3.63) is 73.4 Å². The Morgan fingerprint density at radius 3 is 2.69 bits per heavy atom. The predicted molar refractivity (Wildman–Crippen MR) is 125 cm³/mol. The van der Waals surface area contributed by atoms with Gasteiger partial charge in [-0.15, -0.1) is 11.3 Å². The van der Waals surface area contributed by atoms with Crippen LogP contribution >= 0.6 is 11.3 Å². The number of hydroxylamine groups is 2. The molecule has 4 aromatic rings. The number of thiophene rings is 1. The molecule has 1 aromatic carbocycles. The molecule has 0 aliphatic carbocycles. The second-order valence-corrected chi connectivity index (χ2v) is 8.61. The summed E-state index contributed by atoms with van der Waals surface area (Å²) < 4.78 is 2.65. The van der Waals surface area contributed by atoms with E-state index in [1.54, 1.807) is 10.8 Å². The van der Waals surface area contributed by atoms with Crippen LogP contribution in [0.2, 0.25) is 0 Å². The first-order valence-corrected chi connectivity index (χ1v) is 11.1. The van der Waals surface area contributed by atoms with Crippen LogP contribution in [-0.4, -0.2) is 39.2 Å². The largest absolute Gasteiger partial charge is 0.331 e. The lowest BCUT2D eigenvalue weighted by molar-refractivity contribution is -0.0756. The lowest BCUT2D eigenvalue weighted by Crippen LogP contribution is -2.38. The highest BCUT2D eigenvalue weighted by atomic mass is 32.1. The van der Waals surface area contributed by atoms with Gasteiger partial charge in [0, 0.05) is 43.5 Å². The van der Waals surface area contributed by atoms with Crippen LogP contribution in [0.5, 0.6) is 0 Å². The highest BCUT2D eigenvalue weighted by Gasteiger charge is 2.27. The quantitative estimate of drug-likeness (QED) is 0.420. The standard InChI is InChI=1S/C23H24N4O4S/c1-5-12-27-22-19(20(28)25(2)23(27)30)18(21(29)26(3)31-4)17(32-22)13-14-10-11-24-16-9-7-6-8-15(14)16/h6-11H,5,12-13H2,1-4H3. The number of aromatic nitrogens is 3. The number of amides is 1. The molecule has 0 saturated carbocycles. The Morgan fingerprint density at radius 2 is 1.97 bits per heavy atom. The third-order valence-electron chi connectivity index (χ3n) is 5.56. The van der Waals surface area contributed by atoms with Crippen LogP contribution in [-0.2, 0) is 24.9 Å². The van der Waals surface area contributed by atoms with E-state index >= 15 is 0 Å². The molecule has 1 amide bonds. The first kappa shape index (κ1) is 21.9. The second kappa shape index (κ2) is 8.68. The van der Waals surface area contributed by atoms with E-state index in [1.165, 1.54) is 32.5 Å². The average Bonchev–Trinajstić information content (AvgIpc) is 3.18. The Hall–Kier alpha value is -3.30. The van der Waals surface area contributed by atoms with Crippen LogP contribution in [0.3, 0.4) is 0 Å². The highest BCUT2D eigenvalue weighted by molar-refractivity contribution is 7.19. The van der Waals surface area contributed by atoms with Crippen LogP contribution in [0.1, 0.15) is 34.1 Å². The molecule has 9 heteroatoms. The first-order chi connectivity index (χ1) is 15.4. The topological polar surface area (TPSA) is 86.4 Å². The Bertz CT molecular complexity index is 1450. The minimum Gasteiger partial charge on any atom is -0.284 e. The fraction of sp³-hybridized carbons (Fsp3) is 0.304. The van der Waals surface area contributed by atoms with Crippen molar-refractivity contribution in [2.75, 3.05) is 14.2 Å². The van der Waals surface area contributed by atoms with Crippen molar-refractivity contribution in [1.29, 1.82) is 0 Å². The lowest BCUT2D eigenvalue weighted by atomic mass is 10.0. The normalized spacial score (nSPS) is 11.4. The number of para-hydroxylation sites is 1. The van der Waals surface area contributed by atoms with Gasteiger partial charge in [0.25, 0.3) is 11.5 Å². The molecule has 0 spiro atoms. The minimum atomic E-state index is -0.479. The monoisotopic (exact) mass is 452 g/mol. The summed E-state index contributed by atoms with van der Waals surface area (Å²) in [6, 6.07) is 9.70. The van der Waals surface area contributed by atoms with Gasteiger partial charge in [0.2, 0.25) is 0 Å². The molecule has 3 heterocycles. The zero-order valence-electron chi connectivity index (χ0n) is 18.4. The average molecular weight is 453 g/mol. The molecule has 0 unspecified atom stereocenters. The maximum absolute atomic E-state index is 13.3. The number of hydrogen-bond donors (Lipinski definition) is 0. The summed E-state index contributed by atoms with van der Waals surface area (Å²) in [5.41, 5.74) is 1.25. The van der Waals surface area contributed by atoms with E-state index in [9.17, 15) is 14.4 Å². The Labute approximate surface area is 188 Å². The Morgan fingerprint density at radius 1 is 1.22 bits per heavy atom. The number of fused-ring (bicyclic) bond motifs is 2. The molecule has 0 bridgehead atoms. The lowest BCUT2D eigenvalue weighted by Gasteiger charge is -2.15. The van der Waals surface area contributed by atoms with E-state index in [0.717, 1.165) is 32.5 Å². The van der Waals surface area contributed by atoms with Crippen molar-refractivity contribution in [2.45, 2.75) is 26.3 Å². The molecule has 32 heavy (non-hydrogen) atoms. The van der Waals surface area contributed by atoms with Crippen LogP contribution in [0, 0.1) is 0 Å². The van der Waals surface area contributed by atoms with E-state index in [-0.39, 0.29) is 16.6 Å². The summed E-state index contributed by atoms with van der Waals surface area (Å²) in [5.74, 6) is -0.425. The third-order valence-corrected chi connectivity index (χ3v) is 6.77. The molecule has 4 rings (SSSR count). The Kier molecular flexibility index (Phi) is 5.94. The predicted octanol–water partition coefficient (Wildman–Crippen LogP) is 2.94. The highest BCUT2D eigenvalue weighted by Crippen LogP contribution is 2.33. The fourth-order valence-electron chi connectivity index (χ4n) is 3.87. The summed E-state index contributed by atoms with van der Waals surface area (Å²) in [6.45, 7) is 2.42. The van der Waals surface area contributed by atoms with Crippen LogP contribution in [0.4, 0.5) is 0 Å². The summed E-state index contributed by atoms with van der Waals surface area (Å²) in [4.78, 5) is 50.0. The van der Waals surface area contributed by atoms with E-state index < -0.39 is 11.5 Å². The Balaban J connectivity index is 2.04. The van der Waals surface area contributed by atoms with E-state index in [0.29, 0.717) is 22.7 Å². The van der Waals surface area contributed by atoms with Crippen LogP contribution in [0.15, 0.2) is 46.1 Å². The van der Waals surface area contributed by atoms with Crippen molar-refractivity contribution in [3.8, 4) is 0 Å². The number of pyridine rings is 1. The number of carbonyl (C=O) groups excluding carboxylic acids is 1. The molecule has 8 nitrogen and oxygen atoms in total. The third kappa shape index (κ3) is 3.53. The smallest absolute Gasteiger partial charge is 0.284 e. The van der Waals surface area contributed by atoms with Crippen molar-refractivity contribution >= 4 is 38.4 Å². The second-order valence-electron chi connectivity index (χ2n) is 7.53. The van der Waals surface area contributed by atoms with Gasteiger partial charge in [-0.2, -0.15) is 0 Å². The number of carbonyl (C=O) groups is 1. The van der Waals surface area contributed by atoms with Crippen molar-refractivity contribution in [2.24, 2.45) is 7.05 Å². The number of rotatable bonds is 6. The summed E-state index contributed by atoms with van der Waals surface area (Å²) in [5, 5.41) is 2.34. The summed E-state index contributed by atoms with van der Waals surface area (Å²) in [6.07, 6.45) is 2.88. The van der Waals surface area contributed by atoms with Gasteiger partial charge in [0.1, 0.15) is 4.83 Å². The molecule has 0 atom stereocenters. The van der Waals surface area contributed by atoms with Gasteiger partial charge in [-0.3, -0.25) is 28.5 Å². The van der Waals surface area contributed by atoms with Crippen molar-refractivity contribution in [1.82, 2.24) is 19.2 Å². The number of nitrogens with zero attached hydrogens (tertiary/aromatic N) is 4. The van der Waals surface area contributed by atoms with Gasteiger partial charge >= 0.3 is 5.69 Å². The number of benzene rings is 1. The van der Waals surface area contributed by atoms with Gasteiger partial charge in [-0.1, -0.05) is 25.1 Å². The molecule has 3 aromatic heterocycles. The zero-order valence-corrected chi connectivity index (χ0v) is 19.2. The van der Waals surface area contributed by atoms with Gasteiger partial charge in [0.15, 0.2) is 0 Å². The molecule has 166 valence electrons. The van der Waals surface area contributed by atoms with Gasteiger partial charge in [-0.25, -0.2) is 9.86 Å². The summed E-state index contributed by atoms with van der Waals surface area (Å²) in [7, 11) is 4.34. The number of hydrogen-bond acceptors (Lipinski definition) is 6. The van der Waals surface area contributed by atoms with Gasteiger partial charge in [0.05, 0.1) is 23.6 Å². The maximum atomic E-state index is 13.3. The van der Waals surface area contributed by atoms with Gasteiger partial charge in [-0.05, 0) is 24.1 Å². The maximum Gasteiger partial charge on any atom is 0.331 e. The molecule has 0 aliphatic rings. The van der Waals surface area contributed by atoms with E-state index in [4.69, 9.17) is 4.84 Å². The SMILES string of the molecule is CCCn1c(=O)n(C)c(=O)c2c(C(=O)N(C)OC)c(Cc3ccnc4ccccc34)sc21. The van der Waals surface area contributed by atoms with Crippen LogP contribution < -0.4 is 11.2 Å². The van der Waals surface area contributed by atoms with E-state index in [2.05, 4.69) is 4.98 Å².